The molecule has 1 N–H and O–H groups in total. The molecule has 4 aromatic carbocycles. The number of amides is 2. The van der Waals surface area contributed by atoms with Crippen LogP contribution in [0.4, 0.5) is 10.1 Å². The normalized spacial score (nSPS) is 12.1. The van der Waals surface area contributed by atoms with Crippen LogP contribution in [-0.4, -0.2) is 44.3 Å². The molecule has 0 aliphatic heterocycles. The Kier molecular flexibility index (Phi) is 11.6. The molecule has 0 aliphatic carbocycles. The largest absolute Gasteiger partial charge is 0.354 e. The molecule has 242 valence electrons. The van der Waals surface area contributed by atoms with E-state index < -0.39 is 40.2 Å². The number of aryl methyl sites for hydroxylation is 2. The van der Waals surface area contributed by atoms with E-state index >= 15 is 4.39 Å². The topological polar surface area (TPSA) is 86.8 Å². The molecule has 10 heteroatoms. The number of hydrogen-bond acceptors (Lipinski definition) is 4. The van der Waals surface area contributed by atoms with Crippen LogP contribution in [-0.2, 0) is 32.6 Å². The molecule has 0 aromatic heterocycles. The van der Waals surface area contributed by atoms with Gasteiger partial charge in [0.1, 0.15) is 18.4 Å². The minimum Gasteiger partial charge on any atom is -0.354 e. The van der Waals surface area contributed by atoms with E-state index in [2.05, 4.69) is 5.32 Å². The second kappa shape index (κ2) is 15.4. The van der Waals surface area contributed by atoms with Crippen molar-refractivity contribution in [2.45, 2.75) is 51.6 Å². The van der Waals surface area contributed by atoms with Gasteiger partial charge in [-0.15, -0.1) is 0 Å². The number of halogens is 2. The average Bonchev–Trinajstić information content (AvgIpc) is 3.03. The molecular weight excluding hydrogens is 625 g/mol. The van der Waals surface area contributed by atoms with Gasteiger partial charge in [-0.2, -0.15) is 0 Å². The maximum atomic E-state index is 15.1. The standard InChI is InChI=1S/C36H39ClFN3O4S/c1-25(2)22-39-36(43)34(21-28-10-6-5-7-11-28)40(23-29-12-8-9-13-33(29)38)35(42)24-41(31-17-14-26(3)27(4)20-31)46(44,45)32-18-15-30(37)16-19-32/h5-20,25,34H,21-24H2,1-4H3,(H,39,43)/t34-/m0/s1. The third-order valence-corrected chi connectivity index (χ3v) is 9.75. The zero-order valence-electron chi connectivity index (χ0n) is 26.4. The minimum absolute atomic E-state index is 0.0564. The predicted octanol–water partition coefficient (Wildman–Crippen LogP) is 6.70. The average molecular weight is 664 g/mol. The van der Waals surface area contributed by atoms with Crippen molar-refractivity contribution in [2.75, 3.05) is 17.4 Å². The first-order chi connectivity index (χ1) is 21.9. The maximum absolute atomic E-state index is 15.1. The molecule has 0 spiro atoms. The fourth-order valence-electron chi connectivity index (χ4n) is 4.93. The second-order valence-corrected chi connectivity index (χ2v) is 14.0. The molecule has 0 heterocycles. The highest BCUT2D eigenvalue weighted by Gasteiger charge is 2.35. The van der Waals surface area contributed by atoms with Crippen molar-refractivity contribution in [1.82, 2.24) is 10.2 Å². The van der Waals surface area contributed by atoms with Crippen LogP contribution in [0.25, 0.3) is 0 Å². The van der Waals surface area contributed by atoms with E-state index in [1.165, 1.54) is 35.2 Å². The molecule has 0 unspecified atom stereocenters. The maximum Gasteiger partial charge on any atom is 0.264 e. The van der Waals surface area contributed by atoms with Gasteiger partial charge in [0.15, 0.2) is 0 Å². The first-order valence-electron chi connectivity index (χ1n) is 15.1. The van der Waals surface area contributed by atoms with E-state index in [0.29, 0.717) is 11.6 Å². The summed E-state index contributed by atoms with van der Waals surface area (Å²) in [6.07, 6.45) is 0.137. The van der Waals surface area contributed by atoms with Crippen LogP contribution in [0.1, 0.15) is 36.1 Å². The first-order valence-corrected chi connectivity index (χ1v) is 16.9. The summed E-state index contributed by atoms with van der Waals surface area (Å²) in [4.78, 5) is 29.5. The number of hydrogen-bond donors (Lipinski definition) is 1. The second-order valence-electron chi connectivity index (χ2n) is 11.7. The van der Waals surface area contributed by atoms with E-state index in [4.69, 9.17) is 11.6 Å². The third-order valence-electron chi connectivity index (χ3n) is 7.71. The summed E-state index contributed by atoms with van der Waals surface area (Å²) in [6, 6.07) is 25.0. The lowest BCUT2D eigenvalue weighted by molar-refractivity contribution is -0.140. The van der Waals surface area contributed by atoms with Gasteiger partial charge in [0.25, 0.3) is 10.0 Å². The molecule has 1 atom stereocenters. The Morgan fingerprint density at radius 2 is 1.52 bits per heavy atom. The number of anilines is 1. The monoisotopic (exact) mass is 663 g/mol. The first kappa shape index (κ1) is 34.7. The molecule has 0 bridgehead atoms. The molecule has 4 aromatic rings. The van der Waals surface area contributed by atoms with Crippen LogP contribution in [0.2, 0.25) is 5.02 Å². The molecule has 0 aliphatic rings. The van der Waals surface area contributed by atoms with E-state index in [9.17, 15) is 18.0 Å². The van der Waals surface area contributed by atoms with Gasteiger partial charge in [0, 0.05) is 30.1 Å². The minimum atomic E-state index is -4.28. The van der Waals surface area contributed by atoms with E-state index in [1.54, 1.807) is 36.4 Å². The van der Waals surface area contributed by atoms with E-state index in [-0.39, 0.29) is 35.0 Å². The van der Waals surface area contributed by atoms with Gasteiger partial charge in [0.05, 0.1) is 10.6 Å². The lowest BCUT2D eigenvalue weighted by Crippen LogP contribution is -2.53. The molecule has 0 fully saturated rings. The quantitative estimate of drug-likeness (QED) is 0.172. The third kappa shape index (κ3) is 8.73. The molecule has 2 amide bonds. The van der Waals surface area contributed by atoms with Gasteiger partial charge in [0.2, 0.25) is 11.8 Å². The van der Waals surface area contributed by atoms with Crippen molar-refractivity contribution < 1.29 is 22.4 Å². The van der Waals surface area contributed by atoms with Gasteiger partial charge in [-0.1, -0.05) is 80.0 Å². The van der Waals surface area contributed by atoms with Crippen LogP contribution in [0.3, 0.4) is 0 Å². The SMILES string of the molecule is Cc1ccc(N(CC(=O)N(Cc2ccccc2F)[C@@H](Cc2ccccc2)C(=O)NCC(C)C)S(=O)(=O)c2ccc(Cl)cc2)cc1C. The summed E-state index contributed by atoms with van der Waals surface area (Å²) in [5, 5.41) is 3.29. The van der Waals surface area contributed by atoms with Crippen LogP contribution in [0.15, 0.2) is 102 Å². The lowest BCUT2D eigenvalue weighted by atomic mass is 10.0. The highest BCUT2D eigenvalue weighted by atomic mass is 35.5. The molecule has 0 radical (unpaired) electrons. The summed E-state index contributed by atoms with van der Waals surface area (Å²) in [6.45, 7) is 7.15. The Labute approximate surface area is 276 Å². The Morgan fingerprint density at radius 1 is 0.870 bits per heavy atom. The summed E-state index contributed by atoms with van der Waals surface area (Å²) in [5.41, 5.74) is 3.05. The summed E-state index contributed by atoms with van der Waals surface area (Å²) in [7, 11) is -4.28. The highest BCUT2D eigenvalue weighted by molar-refractivity contribution is 7.92. The smallest absolute Gasteiger partial charge is 0.264 e. The predicted molar refractivity (Wildman–Crippen MR) is 181 cm³/mol. The van der Waals surface area contributed by atoms with Gasteiger partial charge in [-0.25, -0.2) is 12.8 Å². The molecule has 4 rings (SSSR count). The number of rotatable bonds is 13. The van der Waals surface area contributed by atoms with Gasteiger partial charge < -0.3 is 10.2 Å². The molecule has 0 saturated heterocycles. The zero-order chi connectivity index (χ0) is 33.4. The van der Waals surface area contributed by atoms with Gasteiger partial charge >= 0.3 is 0 Å². The number of carbonyl (C=O) groups is 2. The number of nitrogens with one attached hydrogen (secondary N) is 1. The van der Waals surface area contributed by atoms with Crippen molar-refractivity contribution in [3.63, 3.8) is 0 Å². The number of carbonyl (C=O) groups excluding carboxylic acids is 2. The van der Waals surface area contributed by atoms with Crippen molar-refractivity contribution in [3.8, 4) is 0 Å². The number of benzene rings is 4. The Morgan fingerprint density at radius 3 is 2.15 bits per heavy atom. The Balaban J connectivity index is 1.82. The van der Waals surface area contributed by atoms with E-state index in [1.807, 2.05) is 58.0 Å². The van der Waals surface area contributed by atoms with Crippen molar-refractivity contribution in [2.24, 2.45) is 5.92 Å². The summed E-state index contributed by atoms with van der Waals surface area (Å²) in [5.74, 6) is -1.48. The fraction of sp³-hybridized carbons (Fsp3) is 0.278. The zero-order valence-corrected chi connectivity index (χ0v) is 28.0. The van der Waals surface area contributed by atoms with Gasteiger partial charge in [-0.05, 0) is 78.9 Å². The molecule has 0 saturated carbocycles. The van der Waals surface area contributed by atoms with Crippen LogP contribution in [0, 0.1) is 25.6 Å². The fourth-order valence-corrected chi connectivity index (χ4v) is 6.46. The molecule has 7 nitrogen and oxygen atoms in total. The molecular formula is C36H39ClFN3O4S. The number of nitrogens with zero attached hydrogens (tertiary/aromatic N) is 2. The van der Waals surface area contributed by atoms with Crippen molar-refractivity contribution >= 4 is 39.1 Å². The Hall–Kier alpha value is -4.21. The molecule has 46 heavy (non-hydrogen) atoms. The van der Waals surface area contributed by atoms with Crippen molar-refractivity contribution in [3.05, 3.63) is 130 Å². The van der Waals surface area contributed by atoms with Crippen LogP contribution < -0.4 is 9.62 Å². The lowest BCUT2D eigenvalue weighted by Gasteiger charge is -2.34. The van der Waals surface area contributed by atoms with Crippen molar-refractivity contribution in [1.29, 1.82) is 0 Å². The van der Waals surface area contributed by atoms with Gasteiger partial charge in [-0.3, -0.25) is 13.9 Å². The highest BCUT2D eigenvalue weighted by Crippen LogP contribution is 2.28. The summed E-state index contributed by atoms with van der Waals surface area (Å²) < 4.78 is 44.4. The number of sulfonamides is 1. The van der Waals surface area contributed by atoms with E-state index in [0.717, 1.165) is 21.0 Å². The Bertz CT molecular complexity index is 1770. The summed E-state index contributed by atoms with van der Waals surface area (Å²) >= 11 is 6.05. The van der Waals surface area contributed by atoms with Crippen LogP contribution in [0.5, 0.6) is 0 Å². The van der Waals surface area contributed by atoms with Crippen LogP contribution >= 0.6 is 11.6 Å².